The maximum Gasteiger partial charge on any atom is 0.288 e. The molecule has 1 atom stereocenters. The minimum Gasteiger partial charge on any atom is -0.303 e. The van der Waals surface area contributed by atoms with Gasteiger partial charge in [-0.25, -0.2) is 0 Å². The van der Waals surface area contributed by atoms with E-state index in [1.807, 2.05) is 30.3 Å². The molecule has 0 radical (unpaired) electrons. The standard InChI is InChI=1S/C14H12F2OS/c1-9(8-17)11-6-10-4-2-3-5-12(10)13(7-11)18-14(15)16/h2-9,14H,1H3. The van der Waals surface area contributed by atoms with Gasteiger partial charge < -0.3 is 4.79 Å². The van der Waals surface area contributed by atoms with Crippen molar-refractivity contribution in [3.8, 4) is 0 Å². The predicted molar refractivity (Wildman–Crippen MR) is 70.3 cm³/mol. The number of carbonyl (C=O) groups excluding carboxylic acids is 1. The number of halogens is 2. The average Bonchev–Trinajstić information content (AvgIpc) is 2.37. The van der Waals surface area contributed by atoms with Gasteiger partial charge in [0.15, 0.2) is 0 Å². The van der Waals surface area contributed by atoms with E-state index in [-0.39, 0.29) is 5.92 Å². The largest absolute Gasteiger partial charge is 0.303 e. The minimum atomic E-state index is -2.46. The van der Waals surface area contributed by atoms with Crippen LogP contribution in [0.1, 0.15) is 18.4 Å². The molecule has 2 aromatic carbocycles. The first-order valence-corrected chi connectivity index (χ1v) is 6.42. The highest BCUT2D eigenvalue weighted by Gasteiger charge is 2.13. The second-order valence-electron chi connectivity index (χ2n) is 4.04. The molecule has 1 unspecified atom stereocenters. The van der Waals surface area contributed by atoms with Gasteiger partial charge in [-0.15, -0.1) is 0 Å². The van der Waals surface area contributed by atoms with Gasteiger partial charge in [0.2, 0.25) is 0 Å². The summed E-state index contributed by atoms with van der Waals surface area (Å²) in [5.41, 5.74) is 0.770. The molecule has 0 saturated heterocycles. The number of alkyl halides is 2. The lowest BCUT2D eigenvalue weighted by molar-refractivity contribution is -0.108. The SMILES string of the molecule is CC(C=O)c1cc(SC(F)F)c2ccccc2c1. The maximum absolute atomic E-state index is 12.6. The predicted octanol–water partition coefficient (Wildman–Crippen LogP) is 4.46. The summed E-state index contributed by atoms with van der Waals surface area (Å²) in [4.78, 5) is 11.3. The molecular weight excluding hydrogens is 254 g/mol. The highest BCUT2D eigenvalue weighted by atomic mass is 32.2. The summed E-state index contributed by atoms with van der Waals surface area (Å²) in [6.45, 7) is 1.76. The quantitative estimate of drug-likeness (QED) is 0.600. The number of thioether (sulfide) groups is 1. The highest BCUT2D eigenvalue weighted by molar-refractivity contribution is 7.99. The third-order valence-corrected chi connectivity index (χ3v) is 3.56. The number of fused-ring (bicyclic) bond motifs is 1. The number of benzene rings is 2. The second-order valence-corrected chi connectivity index (χ2v) is 5.08. The van der Waals surface area contributed by atoms with Crippen LogP contribution in [0.3, 0.4) is 0 Å². The Bertz CT molecular complexity index is 569. The van der Waals surface area contributed by atoms with E-state index in [4.69, 9.17) is 0 Å². The van der Waals surface area contributed by atoms with E-state index in [9.17, 15) is 13.6 Å². The lowest BCUT2D eigenvalue weighted by Gasteiger charge is -2.11. The fourth-order valence-corrected chi connectivity index (χ4v) is 2.54. The zero-order valence-electron chi connectivity index (χ0n) is 9.77. The summed E-state index contributed by atoms with van der Waals surface area (Å²) in [5, 5.41) is 1.68. The molecule has 0 amide bonds. The van der Waals surface area contributed by atoms with Crippen LogP contribution in [-0.4, -0.2) is 12.0 Å². The normalized spacial score (nSPS) is 12.9. The molecule has 94 valence electrons. The number of aldehydes is 1. The van der Waals surface area contributed by atoms with E-state index in [1.54, 1.807) is 13.0 Å². The molecule has 0 N–H and O–H groups in total. The topological polar surface area (TPSA) is 17.1 Å². The van der Waals surface area contributed by atoms with Crippen LogP contribution in [-0.2, 0) is 4.79 Å². The molecule has 0 aliphatic heterocycles. The van der Waals surface area contributed by atoms with Crippen LogP contribution in [0, 0.1) is 0 Å². The zero-order chi connectivity index (χ0) is 13.1. The van der Waals surface area contributed by atoms with Gasteiger partial charge in [-0.1, -0.05) is 49.0 Å². The van der Waals surface area contributed by atoms with Gasteiger partial charge >= 0.3 is 0 Å². The van der Waals surface area contributed by atoms with Crippen LogP contribution in [0.2, 0.25) is 0 Å². The Hall–Kier alpha value is -1.42. The van der Waals surface area contributed by atoms with Gasteiger partial charge in [0.05, 0.1) is 0 Å². The van der Waals surface area contributed by atoms with Crippen LogP contribution in [0.25, 0.3) is 10.8 Å². The maximum atomic E-state index is 12.6. The summed E-state index contributed by atoms with van der Waals surface area (Å²) in [6, 6.07) is 10.9. The molecule has 0 aliphatic carbocycles. The summed E-state index contributed by atoms with van der Waals surface area (Å²) in [5.74, 6) is -2.75. The smallest absolute Gasteiger partial charge is 0.288 e. The molecule has 18 heavy (non-hydrogen) atoms. The first-order chi connectivity index (χ1) is 8.61. The number of hydrogen-bond acceptors (Lipinski definition) is 2. The van der Waals surface area contributed by atoms with Crippen LogP contribution in [0.5, 0.6) is 0 Å². The molecule has 0 aromatic heterocycles. The molecular formula is C14H12F2OS. The molecule has 0 fully saturated rings. The second kappa shape index (κ2) is 5.48. The van der Waals surface area contributed by atoms with Crippen molar-refractivity contribution in [2.24, 2.45) is 0 Å². The van der Waals surface area contributed by atoms with E-state index in [2.05, 4.69) is 0 Å². The van der Waals surface area contributed by atoms with E-state index < -0.39 is 5.76 Å². The van der Waals surface area contributed by atoms with E-state index in [0.29, 0.717) is 16.7 Å². The lowest BCUT2D eigenvalue weighted by Crippen LogP contribution is -1.96. The lowest BCUT2D eigenvalue weighted by atomic mass is 9.99. The Morgan fingerprint density at radius 3 is 2.61 bits per heavy atom. The number of rotatable bonds is 4. The molecule has 0 heterocycles. The molecule has 2 rings (SSSR count). The van der Waals surface area contributed by atoms with Gasteiger partial charge in [0, 0.05) is 10.8 Å². The van der Waals surface area contributed by atoms with Gasteiger partial charge in [-0.2, -0.15) is 8.78 Å². The van der Waals surface area contributed by atoms with Crippen LogP contribution >= 0.6 is 11.8 Å². The summed E-state index contributed by atoms with van der Waals surface area (Å²) < 4.78 is 25.1. The summed E-state index contributed by atoms with van der Waals surface area (Å²) in [6.07, 6.45) is 0.820. The fourth-order valence-electron chi connectivity index (χ4n) is 1.83. The first-order valence-electron chi connectivity index (χ1n) is 5.54. The Morgan fingerprint density at radius 2 is 1.94 bits per heavy atom. The third-order valence-electron chi connectivity index (χ3n) is 2.79. The van der Waals surface area contributed by atoms with E-state index in [1.165, 1.54) is 0 Å². The average molecular weight is 266 g/mol. The van der Waals surface area contributed by atoms with Crippen LogP contribution in [0.4, 0.5) is 8.78 Å². The van der Waals surface area contributed by atoms with Gasteiger partial charge in [-0.05, 0) is 22.4 Å². The molecule has 0 spiro atoms. The Labute approximate surface area is 108 Å². The van der Waals surface area contributed by atoms with Crippen molar-refractivity contribution < 1.29 is 13.6 Å². The van der Waals surface area contributed by atoms with Gasteiger partial charge in [0.25, 0.3) is 5.76 Å². The highest BCUT2D eigenvalue weighted by Crippen LogP contribution is 2.34. The van der Waals surface area contributed by atoms with Crippen molar-refractivity contribution in [2.75, 3.05) is 0 Å². The molecule has 0 bridgehead atoms. The van der Waals surface area contributed by atoms with Crippen molar-refractivity contribution in [3.63, 3.8) is 0 Å². The Kier molecular flexibility index (Phi) is 3.97. The van der Waals surface area contributed by atoms with Crippen molar-refractivity contribution >= 4 is 28.8 Å². The molecule has 0 aliphatic rings. The fraction of sp³-hybridized carbons (Fsp3) is 0.214. The number of hydrogen-bond donors (Lipinski definition) is 0. The molecule has 0 saturated carbocycles. The van der Waals surface area contributed by atoms with Crippen molar-refractivity contribution in [1.29, 1.82) is 0 Å². The third kappa shape index (κ3) is 2.70. The van der Waals surface area contributed by atoms with Crippen molar-refractivity contribution in [3.05, 3.63) is 42.0 Å². The van der Waals surface area contributed by atoms with Gasteiger partial charge in [0.1, 0.15) is 6.29 Å². The van der Waals surface area contributed by atoms with Gasteiger partial charge in [-0.3, -0.25) is 0 Å². The van der Waals surface area contributed by atoms with E-state index in [0.717, 1.165) is 22.6 Å². The first kappa shape index (κ1) is 13.0. The summed E-state index contributed by atoms with van der Waals surface area (Å²) in [7, 11) is 0. The summed E-state index contributed by atoms with van der Waals surface area (Å²) >= 11 is 0.521. The Morgan fingerprint density at radius 1 is 1.22 bits per heavy atom. The molecule has 4 heteroatoms. The molecule has 2 aromatic rings. The zero-order valence-corrected chi connectivity index (χ0v) is 10.6. The Balaban J connectivity index is 2.60. The minimum absolute atomic E-state index is 0.286. The van der Waals surface area contributed by atoms with Crippen LogP contribution < -0.4 is 0 Å². The van der Waals surface area contributed by atoms with Crippen LogP contribution in [0.15, 0.2) is 41.3 Å². The number of carbonyl (C=O) groups is 1. The monoisotopic (exact) mass is 266 g/mol. The van der Waals surface area contributed by atoms with Crippen molar-refractivity contribution in [1.82, 2.24) is 0 Å². The molecule has 1 nitrogen and oxygen atoms in total. The van der Waals surface area contributed by atoms with E-state index >= 15 is 0 Å². The van der Waals surface area contributed by atoms with Crippen molar-refractivity contribution in [2.45, 2.75) is 23.5 Å².